The normalized spacial score (nSPS) is 22.1. The molecule has 7 heteroatoms. The molecule has 2 bridgehead atoms. The zero-order valence-corrected chi connectivity index (χ0v) is 24.6. The number of hydrogen-bond acceptors (Lipinski definition) is 6. The Morgan fingerprint density at radius 3 is 2.50 bits per heavy atom. The summed E-state index contributed by atoms with van der Waals surface area (Å²) in [7, 11) is 1.85. The van der Waals surface area contributed by atoms with Crippen molar-refractivity contribution in [3.05, 3.63) is 64.0 Å². The molecule has 2 aromatic carbocycles. The van der Waals surface area contributed by atoms with Gasteiger partial charge in [0.05, 0.1) is 23.0 Å². The van der Waals surface area contributed by atoms with Gasteiger partial charge in [-0.25, -0.2) is 9.97 Å². The largest absolute Gasteiger partial charge is 0.381 e. The van der Waals surface area contributed by atoms with Gasteiger partial charge in [0.25, 0.3) is 0 Å². The van der Waals surface area contributed by atoms with Crippen molar-refractivity contribution in [2.45, 2.75) is 91.0 Å². The molecule has 0 amide bonds. The molecule has 4 aliphatic rings. The van der Waals surface area contributed by atoms with Gasteiger partial charge in [0.15, 0.2) is 5.82 Å². The zero-order valence-electron chi connectivity index (χ0n) is 24.6. The molecule has 5 heterocycles. The van der Waals surface area contributed by atoms with E-state index in [9.17, 15) is 0 Å². The van der Waals surface area contributed by atoms with E-state index in [1.54, 1.807) is 0 Å². The number of methoxy groups -OCH3 is 1. The van der Waals surface area contributed by atoms with Gasteiger partial charge in [-0.1, -0.05) is 32.0 Å². The number of fused-ring (bicyclic) bond motifs is 4. The fourth-order valence-electron chi connectivity index (χ4n) is 7.28. The van der Waals surface area contributed by atoms with Crippen LogP contribution in [-0.2, 0) is 17.7 Å². The fraction of sp³-hybridized carbons (Fsp3) is 0.485. The first-order chi connectivity index (χ1) is 19.3. The Balaban J connectivity index is 1.36. The van der Waals surface area contributed by atoms with E-state index in [4.69, 9.17) is 14.7 Å². The molecule has 40 heavy (non-hydrogen) atoms. The summed E-state index contributed by atoms with van der Waals surface area (Å²) in [6, 6.07) is 12.2. The first-order valence-corrected chi connectivity index (χ1v) is 14.8. The van der Waals surface area contributed by atoms with Crippen molar-refractivity contribution in [1.82, 2.24) is 20.2 Å². The van der Waals surface area contributed by atoms with E-state index >= 15 is 0 Å². The van der Waals surface area contributed by atoms with Crippen LogP contribution in [0.5, 0.6) is 0 Å². The topological polar surface area (TPSA) is 70.2 Å². The Bertz CT molecular complexity index is 1590. The molecule has 3 atom stereocenters. The van der Waals surface area contributed by atoms with Gasteiger partial charge in [-0.05, 0) is 74.8 Å². The number of H-pyrrole nitrogens is 1. The van der Waals surface area contributed by atoms with Crippen LogP contribution in [0, 0.1) is 20.8 Å². The van der Waals surface area contributed by atoms with Crippen LogP contribution in [0.15, 0.2) is 30.3 Å². The van der Waals surface area contributed by atoms with Crippen LogP contribution >= 0.6 is 0 Å². The molecule has 7 nitrogen and oxygen atoms in total. The predicted octanol–water partition coefficient (Wildman–Crippen LogP) is 6.39. The third-order valence-electron chi connectivity index (χ3n) is 9.60. The van der Waals surface area contributed by atoms with Gasteiger partial charge in [0, 0.05) is 60.9 Å². The predicted molar refractivity (Wildman–Crippen MR) is 161 cm³/mol. The standard InChI is InChI=1S/C33H40N6O/c1-18(2)22-9-7-19(3)29(13-22)38-12-11-27-26(17-38)33(39-23-14-24(39)16-25(15-23)40-6)35-32(34-27)30-20(4)8-10-28-31(30)21(5)36-37-28/h7-10,13,18,23-25H,11-12,14-17H2,1-6H3,(H,36,37)/t23-,24+,25+. The lowest BCUT2D eigenvalue weighted by molar-refractivity contribution is 0.0241. The summed E-state index contributed by atoms with van der Waals surface area (Å²) in [6.07, 6.45) is 4.61. The van der Waals surface area contributed by atoms with Crippen molar-refractivity contribution in [3.63, 3.8) is 0 Å². The maximum atomic E-state index is 5.79. The van der Waals surface area contributed by atoms with Crippen molar-refractivity contribution in [2.24, 2.45) is 0 Å². The van der Waals surface area contributed by atoms with E-state index in [-0.39, 0.29) is 0 Å². The second-order valence-electron chi connectivity index (χ2n) is 12.4. The van der Waals surface area contributed by atoms with E-state index in [0.717, 1.165) is 66.2 Å². The molecular formula is C33H40N6O. The molecule has 208 valence electrons. The smallest absolute Gasteiger partial charge is 0.162 e. The Labute approximate surface area is 237 Å². The van der Waals surface area contributed by atoms with Gasteiger partial charge in [0.2, 0.25) is 0 Å². The average Bonchev–Trinajstić information content (AvgIpc) is 3.33. The maximum Gasteiger partial charge on any atom is 0.162 e. The zero-order chi connectivity index (χ0) is 27.7. The molecule has 2 aromatic heterocycles. The van der Waals surface area contributed by atoms with E-state index in [1.165, 1.54) is 40.1 Å². The number of ether oxygens (including phenoxy) is 1. The SMILES string of the molecule is CO[C@@H]1C[C@@H]2C[C@H](C1)N2c1nc(-c2c(C)ccc3[nH]nc(C)c23)nc2c1CN(c1cc(C(C)C)ccc1C)CC2. The lowest BCUT2D eigenvalue weighted by Gasteiger charge is -2.56. The number of aromatic amines is 1. The van der Waals surface area contributed by atoms with Gasteiger partial charge in [-0.2, -0.15) is 5.10 Å². The van der Waals surface area contributed by atoms with Crippen LogP contribution in [0.1, 0.15) is 72.7 Å². The van der Waals surface area contributed by atoms with Gasteiger partial charge in [0.1, 0.15) is 5.82 Å². The highest BCUT2D eigenvalue weighted by molar-refractivity contribution is 5.96. The van der Waals surface area contributed by atoms with Crippen LogP contribution in [0.4, 0.5) is 11.5 Å². The lowest BCUT2D eigenvalue weighted by atomic mass is 9.77. The number of aromatic nitrogens is 4. The van der Waals surface area contributed by atoms with E-state index in [1.807, 2.05) is 7.11 Å². The van der Waals surface area contributed by atoms with Crippen molar-refractivity contribution in [3.8, 4) is 11.4 Å². The molecule has 8 rings (SSSR count). The minimum Gasteiger partial charge on any atom is -0.381 e. The highest BCUT2D eigenvalue weighted by Crippen LogP contribution is 2.45. The fourth-order valence-corrected chi connectivity index (χ4v) is 7.28. The molecule has 0 spiro atoms. The quantitative estimate of drug-likeness (QED) is 0.319. The Kier molecular flexibility index (Phi) is 6.11. The Morgan fingerprint density at radius 2 is 1.75 bits per heavy atom. The van der Waals surface area contributed by atoms with Gasteiger partial charge in [-0.15, -0.1) is 0 Å². The number of piperidine rings is 1. The summed E-state index contributed by atoms with van der Waals surface area (Å²) in [5.41, 5.74) is 10.9. The molecule has 1 N–H and O–H groups in total. The molecule has 0 radical (unpaired) electrons. The highest BCUT2D eigenvalue weighted by Gasteiger charge is 2.47. The second kappa shape index (κ2) is 9.58. The van der Waals surface area contributed by atoms with Crippen LogP contribution < -0.4 is 9.80 Å². The minimum absolute atomic E-state index is 0.347. The third kappa shape index (κ3) is 4.00. The number of aryl methyl sites for hydroxylation is 3. The van der Waals surface area contributed by atoms with Crippen molar-refractivity contribution in [1.29, 1.82) is 0 Å². The Hall–Kier alpha value is -3.45. The summed E-state index contributed by atoms with van der Waals surface area (Å²) >= 11 is 0. The summed E-state index contributed by atoms with van der Waals surface area (Å²) in [5.74, 6) is 2.47. The Morgan fingerprint density at radius 1 is 0.975 bits per heavy atom. The summed E-state index contributed by atoms with van der Waals surface area (Å²) in [6.45, 7) is 12.8. The van der Waals surface area contributed by atoms with Gasteiger partial charge < -0.3 is 14.5 Å². The summed E-state index contributed by atoms with van der Waals surface area (Å²) in [5, 5.41) is 8.85. The van der Waals surface area contributed by atoms with Crippen molar-refractivity contribution >= 4 is 22.4 Å². The molecule has 0 unspecified atom stereocenters. The van der Waals surface area contributed by atoms with Crippen LogP contribution in [0.3, 0.4) is 0 Å². The van der Waals surface area contributed by atoms with Crippen LogP contribution in [-0.4, -0.2) is 52.0 Å². The van der Waals surface area contributed by atoms with Gasteiger partial charge in [-0.3, -0.25) is 5.10 Å². The van der Waals surface area contributed by atoms with Crippen LogP contribution in [0.25, 0.3) is 22.3 Å². The minimum atomic E-state index is 0.347. The molecule has 3 fully saturated rings. The monoisotopic (exact) mass is 536 g/mol. The maximum absolute atomic E-state index is 5.79. The first-order valence-electron chi connectivity index (χ1n) is 14.8. The highest BCUT2D eigenvalue weighted by atomic mass is 16.5. The molecule has 2 saturated heterocycles. The molecule has 1 saturated carbocycles. The lowest BCUT2D eigenvalue weighted by Crippen LogP contribution is -2.63. The van der Waals surface area contributed by atoms with E-state index < -0.39 is 0 Å². The van der Waals surface area contributed by atoms with Crippen molar-refractivity contribution < 1.29 is 4.74 Å². The molecular weight excluding hydrogens is 496 g/mol. The number of nitrogens with zero attached hydrogens (tertiary/aromatic N) is 5. The molecule has 1 aliphatic carbocycles. The molecule has 4 aromatic rings. The number of hydrogen-bond donors (Lipinski definition) is 1. The number of benzene rings is 2. The van der Waals surface area contributed by atoms with Crippen LogP contribution in [0.2, 0.25) is 0 Å². The average molecular weight is 537 g/mol. The number of nitrogens with one attached hydrogen (secondary N) is 1. The summed E-state index contributed by atoms with van der Waals surface area (Å²) < 4.78 is 5.79. The van der Waals surface area contributed by atoms with Gasteiger partial charge >= 0.3 is 0 Å². The molecule has 3 aliphatic heterocycles. The van der Waals surface area contributed by atoms with E-state index in [2.05, 4.69) is 84.9 Å². The third-order valence-corrected chi connectivity index (χ3v) is 9.60. The number of anilines is 2. The van der Waals surface area contributed by atoms with E-state index in [0.29, 0.717) is 24.1 Å². The summed E-state index contributed by atoms with van der Waals surface area (Å²) in [4.78, 5) is 15.9. The first kappa shape index (κ1) is 25.5. The number of rotatable bonds is 5. The van der Waals surface area contributed by atoms with Crippen molar-refractivity contribution in [2.75, 3.05) is 23.5 Å². The second-order valence-corrected chi connectivity index (χ2v) is 12.4.